The van der Waals surface area contributed by atoms with E-state index in [2.05, 4.69) is 34.9 Å². The summed E-state index contributed by atoms with van der Waals surface area (Å²) in [7, 11) is 3.48. The summed E-state index contributed by atoms with van der Waals surface area (Å²) in [5.74, 6) is 3.53. The van der Waals surface area contributed by atoms with Gasteiger partial charge in [0.2, 0.25) is 0 Å². The highest BCUT2D eigenvalue weighted by Gasteiger charge is 2.20. The average Bonchev–Trinajstić information content (AvgIpc) is 2.75. The van der Waals surface area contributed by atoms with Crippen LogP contribution in [0.15, 0.2) is 48.5 Å². The molecule has 4 nitrogen and oxygen atoms in total. The van der Waals surface area contributed by atoms with Gasteiger partial charge in [0.15, 0.2) is 0 Å². The molecule has 0 spiro atoms. The zero-order valence-electron chi connectivity index (χ0n) is 18.1. The quantitative estimate of drug-likeness (QED) is 0.515. The second-order valence-corrected chi connectivity index (χ2v) is 7.77. The van der Waals surface area contributed by atoms with E-state index in [1.54, 1.807) is 14.2 Å². The lowest BCUT2D eigenvalue weighted by Crippen LogP contribution is -2.30. The highest BCUT2D eigenvalue weighted by atomic mass is 35.5. The van der Waals surface area contributed by atoms with Gasteiger partial charge in [0, 0.05) is 24.2 Å². The summed E-state index contributed by atoms with van der Waals surface area (Å²) in [6.45, 7) is 3.95. The summed E-state index contributed by atoms with van der Waals surface area (Å²) in [4.78, 5) is 0. The molecule has 1 aliphatic carbocycles. The van der Waals surface area contributed by atoms with Crippen molar-refractivity contribution in [3.05, 3.63) is 59.7 Å². The predicted molar refractivity (Wildman–Crippen MR) is 129 cm³/mol. The minimum Gasteiger partial charge on any atom is -0.496 e. The number of hydrogen-bond acceptors (Lipinski definition) is 4. The van der Waals surface area contributed by atoms with Crippen molar-refractivity contribution >= 4 is 24.8 Å². The van der Waals surface area contributed by atoms with Crippen LogP contribution in [0.2, 0.25) is 0 Å². The van der Waals surface area contributed by atoms with Gasteiger partial charge in [-0.1, -0.05) is 36.4 Å². The molecule has 0 saturated heterocycles. The van der Waals surface area contributed by atoms with Gasteiger partial charge >= 0.3 is 0 Å². The maximum atomic E-state index is 5.43. The topological polar surface area (TPSA) is 42.5 Å². The number of rotatable bonds is 10. The van der Waals surface area contributed by atoms with E-state index in [1.165, 1.54) is 36.8 Å². The van der Waals surface area contributed by atoms with Crippen molar-refractivity contribution in [3.63, 3.8) is 0 Å². The Labute approximate surface area is 193 Å². The minimum absolute atomic E-state index is 0. The van der Waals surface area contributed by atoms with Crippen LogP contribution in [0.25, 0.3) is 0 Å². The van der Waals surface area contributed by atoms with Gasteiger partial charge in [-0.25, -0.2) is 0 Å². The molecule has 1 fully saturated rings. The number of halogens is 2. The van der Waals surface area contributed by atoms with Crippen LogP contribution in [-0.4, -0.2) is 27.3 Å². The van der Waals surface area contributed by atoms with Gasteiger partial charge in [0.1, 0.15) is 11.5 Å². The second-order valence-electron chi connectivity index (χ2n) is 7.77. The molecule has 2 aromatic carbocycles. The fourth-order valence-electron chi connectivity index (χ4n) is 4.16. The van der Waals surface area contributed by atoms with Gasteiger partial charge in [-0.3, -0.25) is 0 Å². The monoisotopic (exact) mass is 454 g/mol. The Hall–Kier alpha value is -1.46. The lowest BCUT2D eigenvalue weighted by atomic mass is 9.82. The summed E-state index contributed by atoms with van der Waals surface area (Å²) in [5, 5.41) is 7.26. The Bertz CT molecular complexity index is 660. The first-order valence-corrected chi connectivity index (χ1v) is 10.5. The average molecular weight is 455 g/mol. The van der Waals surface area contributed by atoms with Crippen LogP contribution in [-0.2, 0) is 13.1 Å². The Morgan fingerprint density at radius 3 is 1.40 bits per heavy atom. The van der Waals surface area contributed by atoms with Crippen LogP contribution < -0.4 is 20.1 Å². The lowest BCUT2D eigenvalue weighted by Gasteiger charge is -2.29. The van der Waals surface area contributed by atoms with Crippen LogP contribution in [0.1, 0.15) is 36.8 Å². The van der Waals surface area contributed by atoms with E-state index >= 15 is 0 Å². The number of para-hydroxylation sites is 2. The molecule has 3 rings (SSSR count). The minimum atomic E-state index is 0. The lowest BCUT2D eigenvalue weighted by molar-refractivity contribution is 0.260. The summed E-state index contributed by atoms with van der Waals surface area (Å²) >= 11 is 0. The number of benzene rings is 2. The van der Waals surface area contributed by atoms with Crippen molar-refractivity contribution in [3.8, 4) is 11.5 Å². The molecule has 0 aliphatic heterocycles. The highest BCUT2D eigenvalue weighted by molar-refractivity contribution is 5.85. The molecule has 0 radical (unpaired) electrons. The Kier molecular flexibility index (Phi) is 12.9. The Morgan fingerprint density at radius 1 is 0.667 bits per heavy atom. The first-order valence-electron chi connectivity index (χ1n) is 10.5. The fraction of sp³-hybridized carbons (Fsp3) is 0.500. The molecular weight excluding hydrogens is 419 g/mol. The number of ether oxygens (including phenoxy) is 2. The van der Waals surface area contributed by atoms with Gasteiger partial charge in [0.25, 0.3) is 0 Å². The second kappa shape index (κ2) is 14.5. The van der Waals surface area contributed by atoms with Crippen molar-refractivity contribution in [2.24, 2.45) is 11.8 Å². The van der Waals surface area contributed by atoms with E-state index in [0.29, 0.717) is 0 Å². The SMILES string of the molecule is COc1ccccc1CNCC1CCC(CNCc2ccccc2OC)CC1.Cl.Cl. The van der Waals surface area contributed by atoms with Crippen molar-refractivity contribution in [1.29, 1.82) is 0 Å². The zero-order valence-corrected chi connectivity index (χ0v) is 19.7. The molecule has 0 amide bonds. The molecule has 0 bridgehead atoms. The summed E-state index contributed by atoms with van der Waals surface area (Å²) in [6.07, 6.45) is 5.28. The molecule has 0 atom stereocenters. The van der Waals surface area contributed by atoms with Crippen LogP contribution in [0, 0.1) is 11.8 Å². The standard InChI is InChI=1S/C24H34N2O2.2ClH/c1-27-23-9-5-3-7-21(23)17-25-15-19-11-13-20(14-12-19)16-26-18-22-8-4-6-10-24(22)28-2;;/h3-10,19-20,25-26H,11-18H2,1-2H3;2*1H. The largest absolute Gasteiger partial charge is 0.496 e. The van der Waals surface area contributed by atoms with E-state index < -0.39 is 0 Å². The molecule has 6 heteroatoms. The van der Waals surface area contributed by atoms with Crippen molar-refractivity contribution in [2.45, 2.75) is 38.8 Å². The summed E-state index contributed by atoms with van der Waals surface area (Å²) in [5.41, 5.74) is 2.47. The van der Waals surface area contributed by atoms with E-state index in [-0.39, 0.29) is 24.8 Å². The van der Waals surface area contributed by atoms with Crippen LogP contribution in [0.3, 0.4) is 0 Å². The van der Waals surface area contributed by atoms with Crippen LogP contribution >= 0.6 is 24.8 Å². The fourth-order valence-corrected chi connectivity index (χ4v) is 4.16. The smallest absolute Gasteiger partial charge is 0.123 e. The molecule has 1 saturated carbocycles. The molecule has 2 N–H and O–H groups in total. The maximum Gasteiger partial charge on any atom is 0.123 e. The molecule has 2 aromatic rings. The maximum absolute atomic E-state index is 5.43. The van der Waals surface area contributed by atoms with Crippen molar-refractivity contribution in [2.75, 3.05) is 27.3 Å². The number of nitrogens with one attached hydrogen (secondary N) is 2. The van der Waals surface area contributed by atoms with Gasteiger partial charge in [0.05, 0.1) is 14.2 Å². The van der Waals surface area contributed by atoms with E-state index in [9.17, 15) is 0 Å². The third-order valence-corrected chi connectivity index (χ3v) is 5.85. The van der Waals surface area contributed by atoms with Crippen molar-refractivity contribution < 1.29 is 9.47 Å². The number of hydrogen-bond donors (Lipinski definition) is 2. The normalized spacial score (nSPS) is 18.1. The molecule has 0 heterocycles. The van der Waals surface area contributed by atoms with Crippen LogP contribution in [0.4, 0.5) is 0 Å². The summed E-state index contributed by atoms with van der Waals surface area (Å²) < 4.78 is 10.9. The molecule has 168 valence electrons. The highest BCUT2D eigenvalue weighted by Crippen LogP contribution is 2.28. The molecule has 0 aromatic heterocycles. The molecule has 0 unspecified atom stereocenters. The zero-order chi connectivity index (χ0) is 19.6. The van der Waals surface area contributed by atoms with Gasteiger partial charge in [-0.2, -0.15) is 0 Å². The Morgan fingerprint density at radius 2 is 1.03 bits per heavy atom. The first-order chi connectivity index (χ1) is 13.8. The van der Waals surface area contributed by atoms with Gasteiger partial charge < -0.3 is 20.1 Å². The first kappa shape index (κ1) is 26.6. The van der Waals surface area contributed by atoms with Gasteiger partial charge in [-0.05, 0) is 62.7 Å². The van der Waals surface area contributed by atoms with E-state index in [4.69, 9.17) is 9.47 Å². The van der Waals surface area contributed by atoms with Crippen LogP contribution in [0.5, 0.6) is 11.5 Å². The molecule has 30 heavy (non-hydrogen) atoms. The van der Waals surface area contributed by atoms with E-state index in [0.717, 1.165) is 49.5 Å². The number of methoxy groups -OCH3 is 2. The third-order valence-electron chi connectivity index (χ3n) is 5.85. The summed E-state index contributed by atoms with van der Waals surface area (Å²) in [6, 6.07) is 16.5. The van der Waals surface area contributed by atoms with Gasteiger partial charge in [-0.15, -0.1) is 24.8 Å². The van der Waals surface area contributed by atoms with Crippen molar-refractivity contribution in [1.82, 2.24) is 10.6 Å². The predicted octanol–water partition coefficient (Wildman–Crippen LogP) is 5.23. The molecular formula is C24H36Cl2N2O2. The Balaban J connectivity index is 0.00000225. The van der Waals surface area contributed by atoms with E-state index in [1.807, 2.05) is 24.3 Å². The molecule has 1 aliphatic rings. The third kappa shape index (κ3) is 7.99.